The predicted octanol–water partition coefficient (Wildman–Crippen LogP) is 2.87. The number of nitrogens with one attached hydrogen (secondary N) is 1. The van der Waals surface area contributed by atoms with Crippen LogP contribution in [-0.2, 0) is 0 Å². The molecule has 3 aliphatic heterocycles. The molecule has 3 fully saturated rings. The molecule has 0 radical (unpaired) electrons. The van der Waals surface area contributed by atoms with Crippen molar-refractivity contribution in [3.8, 4) is 0 Å². The third-order valence-corrected chi connectivity index (χ3v) is 5.27. The second-order valence-electron chi connectivity index (χ2n) is 6.77. The van der Waals surface area contributed by atoms with E-state index in [9.17, 15) is 4.79 Å². The van der Waals surface area contributed by atoms with E-state index in [1.54, 1.807) is 0 Å². The van der Waals surface area contributed by atoms with E-state index in [1.807, 2.05) is 26.0 Å². The lowest BCUT2D eigenvalue weighted by molar-refractivity contribution is 0.0606. The van der Waals surface area contributed by atoms with Crippen LogP contribution in [0.5, 0.6) is 0 Å². The lowest BCUT2D eigenvalue weighted by Crippen LogP contribution is -2.57. The van der Waals surface area contributed by atoms with E-state index in [0.29, 0.717) is 11.7 Å². The molecule has 1 atom stereocenters. The van der Waals surface area contributed by atoms with E-state index in [1.165, 1.54) is 25.9 Å². The summed E-state index contributed by atoms with van der Waals surface area (Å²) in [6.07, 6.45) is 2.40. The Bertz CT molecular complexity index is 726. The van der Waals surface area contributed by atoms with E-state index in [-0.39, 0.29) is 11.9 Å². The number of carbonyl (C=O) groups is 1. The van der Waals surface area contributed by atoms with Crippen LogP contribution in [0.3, 0.4) is 0 Å². The Morgan fingerprint density at radius 2 is 2.05 bits per heavy atom. The number of carbonyl (C=O) groups excluding carboxylic acids is 1. The average molecular weight is 298 g/mol. The molecule has 0 spiro atoms. The van der Waals surface area contributed by atoms with Gasteiger partial charge in [0.1, 0.15) is 5.58 Å². The van der Waals surface area contributed by atoms with Gasteiger partial charge in [0.2, 0.25) is 0 Å². The second kappa shape index (κ2) is 5.13. The van der Waals surface area contributed by atoms with Gasteiger partial charge in [-0.25, -0.2) is 0 Å². The van der Waals surface area contributed by atoms with Crippen LogP contribution < -0.4 is 5.32 Å². The molecule has 2 aromatic rings. The monoisotopic (exact) mass is 298 g/mol. The van der Waals surface area contributed by atoms with Crippen molar-refractivity contribution in [1.29, 1.82) is 0 Å². The minimum Gasteiger partial charge on any atom is -0.451 e. The lowest BCUT2D eigenvalue weighted by atomic mass is 9.84. The first kappa shape index (κ1) is 13.8. The molecule has 0 saturated carbocycles. The van der Waals surface area contributed by atoms with Crippen LogP contribution in [0.15, 0.2) is 22.6 Å². The Balaban J connectivity index is 1.59. The van der Waals surface area contributed by atoms with Crippen molar-refractivity contribution in [2.45, 2.75) is 32.7 Å². The molecule has 2 bridgehead atoms. The van der Waals surface area contributed by atoms with Gasteiger partial charge in [-0.05, 0) is 57.3 Å². The summed E-state index contributed by atoms with van der Waals surface area (Å²) >= 11 is 0. The van der Waals surface area contributed by atoms with Gasteiger partial charge in [0.25, 0.3) is 5.91 Å². The van der Waals surface area contributed by atoms with E-state index >= 15 is 0 Å². The highest BCUT2D eigenvalue weighted by Gasteiger charge is 2.35. The first-order valence-corrected chi connectivity index (χ1v) is 8.15. The van der Waals surface area contributed by atoms with Gasteiger partial charge >= 0.3 is 0 Å². The SMILES string of the molecule is Cc1ccc2c(C)c(C(=O)NC3CN4CCC3CC4)oc2c1. The molecule has 4 heterocycles. The van der Waals surface area contributed by atoms with Crippen LogP contribution in [0.2, 0.25) is 0 Å². The molecule has 22 heavy (non-hydrogen) atoms. The number of hydrogen-bond acceptors (Lipinski definition) is 3. The number of furan rings is 1. The molecule has 3 aliphatic rings. The number of aryl methyl sites for hydroxylation is 2. The van der Waals surface area contributed by atoms with Crippen LogP contribution in [0, 0.1) is 19.8 Å². The van der Waals surface area contributed by atoms with Crippen LogP contribution in [0.4, 0.5) is 0 Å². The van der Waals surface area contributed by atoms with E-state index in [2.05, 4.69) is 16.3 Å². The highest BCUT2D eigenvalue weighted by atomic mass is 16.3. The van der Waals surface area contributed by atoms with E-state index < -0.39 is 0 Å². The highest BCUT2D eigenvalue weighted by molar-refractivity contribution is 5.99. The number of rotatable bonds is 2. The van der Waals surface area contributed by atoms with Crippen molar-refractivity contribution in [1.82, 2.24) is 10.2 Å². The molecular formula is C18H22N2O2. The normalized spacial score (nSPS) is 27.3. The number of benzene rings is 1. The summed E-state index contributed by atoms with van der Waals surface area (Å²) in [4.78, 5) is 15.1. The molecule has 1 unspecified atom stereocenters. The molecule has 4 heteroatoms. The molecule has 1 N–H and O–H groups in total. The maximum atomic E-state index is 12.6. The molecule has 5 rings (SSSR count). The maximum absolute atomic E-state index is 12.6. The van der Waals surface area contributed by atoms with Crippen LogP contribution >= 0.6 is 0 Å². The van der Waals surface area contributed by atoms with Gasteiger partial charge in [-0.3, -0.25) is 4.79 Å². The summed E-state index contributed by atoms with van der Waals surface area (Å²) in [6.45, 7) is 7.34. The van der Waals surface area contributed by atoms with Crippen molar-refractivity contribution in [3.63, 3.8) is 0 Å². The fourth-order valence-electron chi connectivity index (χ4n) is 3.91. The summed E-state index contributed by atoms with van der Waals surface area (Å²) in [7, 11) is 0. The third-order valence-electron chi connectivity index (χ3n) is 5.27. The molecule has 1 aromatic carbocycles. The summed E-state index contributed by atoms with van der Waals surface area (Å²) in [5.74, 6) is 1.03. The standard InChI is InChI=1S/C18H22N2O2/c1-11-3-4-14-12(2)17(22-16(14)9-11)18(21)19-15-10-20-7-5-13(15)6-8-20/h3-4,9,13,15H,5-8,10H2,1-2H3,(H,19,21). The molecule has 4 nitrogen and oxygen atoms in total. The Kier molecular flexibility index (Phi) is 3.22. The largest absolute Gasteiger partial charge is 0.451 e. The highest BCUT2D eigenvalue weighted by Crippen LogP contribution is 2.29. The van der Waals surface area contributed by atoms with Crippen LogP contribution in [0.1, 0.15) is 34.5 Å². The minimum atomic E-state index is -0.0647. The molecule has 0 aliphatic carbocycles. The Labute approximate surface area is 130 Å². The first-order chi connectivity index (χ1) is 10.6. The van der Waals surface area contributed by atoms with Gasteiger partial charge < -0.3 is 14.6 Å². The van der Waals surface area contributed by atoms with Gasteiger partial charge in [-0.2, -0.15) is 0 Å². The minimum absolute atomic E-state index is 0.0647. The molecule has 116 valence electrons. The van der Waals surface area contributed by atoms with Crippen molar-refractivity contribution >= 4 is 16.9 Å². The number of piperidine rings is 3. The number of amides is 1. The summed E-state index contributed by atoms with van der Waals surface area (Å²) in [6, 6.07) is 6.35. The van der Waals surface area contributed by atoms with Crippen molar-refractivity contribution in [2.24, 2.45) is 5.92 Å². The average Bonchev–Trinajstić information content (AvgIpc) is 2.85. The summed E-state index contributed by atoms with van der Waals surface area (Å²) in [5.41, 5.74) is 2.89. The molecule has 3 saturated heterocycles. The van der Waals surface area contributed by atoms with Crippen molar-refractivity contribution in [3.05, 3.63) is 35.1 Å². The Morgan fingerprint density at radius 3 is 2.73 bits per heavy atom. The first-order valence-electron chi connectivity index (χ1n) is 8.15. The third kappa shape index (κ3) is 2.22. The van der Waals surface area contributed by atoms with E-state index in [4.69, 9.17) is 4.42 Å². The zero-order chi connectivity index (χ0) is 15.3. The molecular weight excluding hydrogens is 276 g/mol. The van der Waals surface area contributed by atoms with Crippen molar-refractivity contribution in [2.75, 3.05) is 19.6 Å². The topological polar surface area (TPSA) is 45.5 Å². The Hall–Kier alpha value is -1.81. The summed E-state index contributed by atoms with van der Waals surface area (Å²) in [5, 5.41) is 4.24. The Morgan fingerprint density at radius 1 is 1.27 bits per heavy atom. The van der Waals surface area contributed by atoms with Gasteiger partial charge in [-0.1, -0.05) is 12.1 Å². The van der Waals surface area contributed by atoms with Gasteiger partial charge in [0.15, 0.2) is 5.76 Å². The maximum Gasteiger partial charge on any atom is 0.287 e. The van der Waals surface area contributed by atoms with E-state index in [0.717, 1.165) is 28.6 Å². The zero-order valence-corrected chi connectivity index (χ0v) is 13.2. The van der Waals surface area contributed by atoms with Crippen LogP contribution in [-0.4, -0.2) is 36.5 Å². The number of hydrogen-bond donors (Lipinski definition) is 1. The fraction of sp³-hybridized carbons (Fsp3) is 0.500. The second-order valence-corrected chi connectivity index (χ2v) is 6.77. The smallest absolute Gasteiger partial charge is 0.287 e. The summed E-state index contributed by atoms with van der Waals surface area (Å²) < 4.78 is 5.84. The zero-order valence-electron chi connectivity index (χ0n) is 13.2. The molecule has 1 aromatic heterocycles. The molecule has 1 amide bonds. The van der Waals surface area contributed by atoms with Gasteiger partial charge in [0, 0.05) is 23.5 Å². The van der Waals surface area contributed by atoms with Gasteiger partial charge in [0.05, 0.1) is 0 Å². The van der Waals surface area contributed by atoms with Gasteiger partial charge in [-0.15, -0.1) is 0 Å². The van der Waals surface area contributed by atoms with Crippen molar-refractivity contribution < 1.29 is 9.21 Å². The number of nitrogens with zero attached hydrogens (tertiary/aromatic N) is 1. The van der Waals surface area contributed by atoms with Crippen LogP contribution in [0.25, 0.3) is 11.0 Å². The number of fused-ring (bicyclic) bond motifs is 4. The quantitative estimate of drug-likeness (QED) is 0.927. The fourth-order valence-corrected chi connectivity index (χ4v) is 3.91. The lowest BCUT2D eigenvalue weighted by Gasteiger charge is -2.44. The predicted molar refractivity (Wildman–Crippen MR) is 86.1 cm³/mol.